The predicted molar refractivity (Wildman–Crippen MR) is 81.4 cm³/mol. The summed E-state index contributed by atoms with van der Waals surface area (Å²) in [7, 11) is 4.45. The number of hydrogen-bond donors (Lipinski definition) is 0. The third kappa shape index (κ3) is 6.97. The highest BCUT2D eigenvalue weighted by Crippen LogP contribution is 2.12. The van der Waals surface area contributed by atoms with Crippen LogP contribution in [0.15, 0.2) is 4.99 Å². The summed E-state index contributed by atoms with van der Waals surface area (Å²) < 4.78 is 10.5. The summed E-state index contributed by atoms with van der Waals surface area (Å²) in [5.41, 5.74) is -1.26. The highest BCUT2D eigenvalue weighted by molar-refractivity contribution is 6.00. The first-order chi connectivity index (χ1) is 9.28. The molecule has 0 heterocycles. The van der Waals surface area contributed by atoms with Crippen molar-refractivity contribution in [3.8, 4) is 0 Å². The Morgan fingerprint density at radius 3 is 1.29 bits per heavy atom. The van der Waals surface area contributed by atoms with E-state index in [1.54, 1.807) is 41.5 Å². The molecule has 0 spiro atoms. The lowest BCUT2D eigenvalue weighted by atomic mass is 10.2. The second kappa shape index (κ2) is 6.78. The van der Waals surface area contributed by atoms with Crippen molar-refractivity contribution < 1.29 is 19.1 Å². The molecule has 0 aromatic rings. The summed E-state index contributed by atoms with van der Waals surface area (Å²) in [4.78, 5) is 30.3. The Kier molecular flexibility index (Phi) is 6.20. The summed E-state index contributed by atoms with van der Waals surface area (Å²) in [6.45, 7) is 10.6. The van der Waals surface area contributed by atoms with Gasteiger partial charge < -0.3 is 9.47 Å². The molecular weight excluding hydrogens is 274 g/mol. The molecule has 0 saturated heterocycles. The van der Waals surface area contributed by atoms with E-state index < -0.39 is 23.4 Å². The van der Waals surface area contributed by atoms with Crippen molar-refractivity contribution in [3.63, 3.8) is 0 Å². The number of ether oxygens (including phenoxy) is 2. The molecule has 0 fully saturated rings. The smallest absolute Gasteiger partial charge is 0.416 e. The van der Waals surface area contributed by atoms with Gasteiger partial charge in [0.15, 0.2) is 0 Å². The van der Waals surface area contributed by atoms with Crippen LogP contribution in [0.25, 0.3) is 0 Å². The van der Waals surface area contributed by atoms with Crippen LogP contribution in [-0.2, 0) is 9.47 Å². The molecule has 2 amide bonds. The fraction of sp³-hybridized carbons (Fsp3) is 0.786. The minimum atomic E-state index is -0.630. The van der Waals surface area contributed by atoms with Crippen molar-refractivity contribution in [2.45, 2.75) is 52.7 Å². The normalized spacial score (nSPS) is 11.5. The predicted octanol–water partition coefficient (Wildman–Crippen LogP) is 2.71. The van der Waals surface area contributed by atoms with Gasteiger partial charge in [0.1, 0.15) is 11.2 Å². The van der Waals surface area contributed by atoms with Gasteiger partial charge in [-0.25, -0.2) is 9.59 Å². The lowest BCUT2D eigenvalue weighted by molar-refractivity contribution is 0.0324. The van der Waals surface area contributed by atoms with Gasteiger partial charge in [0.25, 0.3) is 0 Å². The first-order valence-corrected chi connectivity index (χ1v) is 6.68. The molecule has 0 N–H and O–H groups in total. The summed E-state index contributed by atoms with van der Waals surface area (Å²) in [5.74, 6) is 0.138. The topological polar surface area (TPSA) is 71.4 Å². The molecule has 0 unspecified atom stereocenters. The second-order valence-electron chi connectivity index (χ2n) is 6.60. The van der Waals surface area contributed by atoms with Gasteiger partial charge in [-0.05, 0) is 41.5 Å². The van der Waals surface area contributed by atoms with E-state index in [-0.39, 0.29) is 5.96 Å². The van der Waals surface area contributed by atoms with Crippen LogP contribution in [-0.4, -0.2) is 60.3 Å². The van der Waals surface area contributed by atoms with E-state index >= 15 is 0 Å². The van der Waals surface area contributed by atoms with Crippen LogP contribution in [0, 0.1) is 0 Å². The van der Waals surface area contributed by atoms with Gasteiger partial charge in [0.2, 0.25) is 5.96 Å². The van der Waals surface area contributed by atoms with Crippen molar-refractivity contribution in [3.05, 3.63) is 0 Å². The fourth-order valence-corrected chi connectivity index (χ4v) is 1.35. The second-order valence-corrected chi connectivity index (χ2v) is 6.60. The Labute approximate surface area is 126 Å². The number of aliphatic imine (C=N–C) groups is 1. The van der Waals surface area contributed by atoms with Gasteiger partial charge >= 0.3 is 12.2 Å². The van der Waals surface area contributed by atoms with Crippen molar-refractivity contribution in [2.75, 3.05) is 21.1 Å². The third-order valence-corrected chi connectivity index (χ3v) is 2.13. The number of rotatable bonds is 0. The quantitative estimate of drug-likeness (QED) is 0.509. The van der Waals surface area contributed by atoms with Crippen LogP contribution in [0.5, 0.6) is 0 Å². The first kappa shape index (κ1) is 19.2. The molecule has 0 aromatic heterocycles. The molecule has 0 rings (SSSR count). The van der Waals surface area contributed by atoms with Crippen molar-refractivity contribution >= 4 is 18.1 Å². The SMILES string of the molecule is CN=C(N(C)C(=O)OC(C)(C)C)N(C)C(=O)OC(C)(C)C. The molecule has 0 radical (unpaired) electrons. The number of nitrogens with zero attached hydrogens (tertiary/aromatic N) is 3. The minimum Gasteiger partial charge on any atom is -0.443 e. The lowest BCUT2D eigenvalue weighted by Crippen LogP contribution is -2.48. The maximum Gasteiger partial charge on any atom is 0.416 e. The van der Waals surface area contributed by atoms with Gasteiger partial charge in [-0.15, -0.1) is 0 Å². The molecule has 7 nitrogen and oxygen atoms in total. The number of guanidine groups is 1. The van der Waals surface area contributed by atoms with Crippen LogP contribution in [0.3, 0.4) is 0 Å². The van der Waals surface area contributed by atoms with E-state index in [0.717, 1.165) is 9.80 Å². The van der Waals surface area contributed by atoms with E-state index in [2.05, 4.69) is 4.99 Å². The van der Waals surface area contributed by atoms with E-state index in [0.29, 0.717) is 0 Å². The van der Waals surface area contributed by atoms with E-state index in [1.165, 1.54) is 21.1 Å². The average Bonchev–Trinajstić information content (AvgIpc) is 2.24. The monoisotopic (exact) mass is 301 g/mol. The molecule has 0 atom stereocenters. The molecule has 0 saturated carbocycles. The molecule has 21 heavy (non-hydrogen) atoms. The Morgan fingerprint density at radius 1 is 0.810 bits per heavy atom. The van der Waals surface area contributed by atoms with Gasteiger partial charge in [-0.3, -0.25) is 14.8 Å². The maximum absolute atomic E-state index is 12.0. The zero-order valence-corrected chi connectivity index (χ0v) is 14.5. The van der Waals surface area contributed by atoms with Gasteiger partial charge in [0.05, 0.1) is 0 Å². The molecule has 0 aliphatic carbocycles. The minimum absolute atomic E-state index is 0.138. The van der Waals surface area contributed by atoms with Crippen molar-refractivity contribution in [1.82, 2.24) is 9.80 Å². The van der Waals surface area contributed by atoms with Crippen molar-refractivity contribution in [2.24, 2.45) is 4.99 Å². The zero-order valence-electron chi connectivity index (χ0n) is 14.5. The van der Waals surface area contributed by atoms with E-state index in [9.17, 15) is 9.59 Å². The third-order valence-electron chi connectivity index (χ3n) is 2.13. The summed E-state index contributed by atoms with van der Waals surface area (Å²) in [6.07, 6.45) is -1.20. The van der Waals surface area contributed by atoms with Crippen LogP contribution >= 0.6 is 0 Å². The zero-order chi connectivity index (χ0) is 17.0. The Morgan fingerprint density at radius 2 is 1.10 bits per heavy atom. The van der Waals surface area contributed by atoms with Gasteiger partial charge in [0, 0.05) is 21.1 Å². The summed E-state index contributed by atoms with van der Waals surface area (Å²) >= 11 is 0. The van der Waals surface area contributed by atoms with Crippen LogP contribution in [0.4, 0.5) is 9.59 Å². The van der Waals surface area contributed by atoms with Crippen molar-refractivity contribution in [1.29, 1.82) is 0 Å². The Balaban J connectivity index is 5.00. The first-order valence-electron chi connectivity index (χ1n) is 6.68. The standard InChI is InChI=1S/C14H27N3O4/c1-13(2,3)20-11(18)16(8)10(15-7)17(9)12(19)21-14(4,5)6/h1-9H3. The molecule has 0 aromatic carbocycles. The largest absolute Gasteiger partial charge is 0.443 e. The van der Waals surface area contributed by atoms with Gasteiger partial charge in [-0.1, -0.05) is 0 Å². The molecule has 0 aliphatic heterocycles. The van der Waals surface area contributed by atoms with E-state index in [4.69, 9.17) is 9.47 Å². The average molecular weight is 301 g/mol. The maximum atomic E-state index is 12.0. The Bertz CT molecular complexity index is 383. The molecular formula is C14H27N3O4. The van der Waals surface area contributed by atoms with E-state index in [1.807, 2.05) is 0 Å². The highest BCUT2D eigenvalue weighted by atomic mass is 16.6. The molecule has 0 bridgehead atoms. The van der Waals surface area contributed by atoms with Crippen LogP contribution in [0.1, 0.15) is 41.5 Å². The van der Waals surface area contributed by atoms with Gasteiger partial charge in [-0.2, -0.15) is 0 Å². The fourth-order valence-electron chi connectivity index (χ4n) is 1.35. The lowest BCUT2D eigenvalue weighted by Gasteiger charge is -2.30. The highest BCUT2D eigenvalue weighted by Gasteiger charge is 2.29. The van der Waals surface area contributed by atoms with Crippen LogP contribution < -0.4 is 0 Å². The number of amides is 2. The number of carbonyl (C=O) groups excluding carboxylic acids is 2. The molecule has 122 valence electrons. The molecule has 7 heteroatoms. The summed E-state index contributed by atoms with van der Waals surface area (Å²) in [6, 6.07) is 0. The molecule has 0 aliphatic rings. The number of carbonyl (C=O) groups is 2. The van der Waals surface area contributed by atoms with Crippen LogP contribution in [0.2, 0.25) is 0 Å². The number of hydrogen-bond acceptors (Lipinski definition) is 5. The Hall–Kier alpha value is -1.79. The summed E-state index contributed by atoms with van der Waals surface area (Å²) in [5, 5.41) is 0.